The lowest BCUT2D eigenvalue weighted by Crippen LogP contribution is -3.11. The lowest BCUT2D eigenvalue weighted by Gasteiger charge is -2.48. The quantitative estimate of drug-likeness (QED) is 0.107. The fourth-order valence-electron chi connectivity index (χ4n) is 5.39. The van der Waals surface area contributed by atoms with Crippen LogP contribution in [0.2, 0.25) is 0 Å². The molecule has 1 N–H and O–H groups in total. The molecule has 2 aliphatic rings. The van der Waals surface area contributed by atoms with E-state index in [1.165, 1.54) is 19.6 Å². The Labute approximate surface area is 313 Å². The number of hydrogen-bond acceptors (Lipinski definition) is 20. The molecular weight excluding hydrogens is 749 g/mol. The van der Waals surface area contributed by atoms with E-state index in [-0.39, 0.29) is 0 Å². The van der Waals surface area contributed by atoms with Crippen LogP contribution in [-0.4, -0.2) is 136 Å². The van der Waals surface area contributed by atoms with E-state index in [2.05, 4.69) is 20.8 Å². The molecule has 54 heavy (non-hydrogen) atoms. The number of nitrogens with one attached hydrogen (secondary N) is 1. The molecule has 0 aliphatic carbocycles. The number of carbonyl (C=O) groups is 7. The zero-order chi connectivity index (χ0) is 41.3. The highest BCUT2D eigenvalue weighted by molar-refractivity contribution is 7.30. The number of quaternary nitrogens is 1. The Bertz CT molecular complexity index is 1300. The summed E-state index contributed by atoms with van der Waals surface area (Å²) in [5.41, 5.74) is 0. The molecule has 308 valence electrons. The van der Waals surface area contributed by atoms with Crippen LogP contribution in [0.25, 0.3) is 0 Å². The van der Waals surface area contributed by atoms with Crippen LogP contribution in [0.4, 0.5) is 0 Å². The minimum Gasteiger partial charge on any atom is -0.566 e. The van der Waals surface area contributed by atoms with Crippen LogP contribution in [0.3, 0.4) is 0 Å². The summed E-state index contributed by atoms with van der Waals surface area (Å²) in [5, 5.41) is 0. The lowest BCUT2D eigenvalue weighted by molar-refractivity contribution is -0.894. The topological polar surface area (TPSA) is 266 Å². The predicted molar refractivity (Wildman–Crippen MR) is 175 cm³/mol. The molecule has 2 saturated heterocycles. The van der Waals surface area contributed by atoms with Gasteiger partial charge in [0.05, 0.1) is 19.6 Å². The molecule has 2 fully saturated rings. The molecule has 0 bridgehead atoms. The van der Waals surface area contributed by atoms with Crippen molar-refractivity contribution in [3.05, 3.63) is 0 Å². The van der Waals surface area contributed by atoms with Gasteiger partial charge in [0.15, 0.2) is 36.8 Å². The van der Waals surface area contributed by atoms with E-state index in [0.717, 1.165) is 48.5 Å². The van der Waals surface area contributed by atoms with Gasteiger partial charge in [-0.15, -0.1) is 4.52 Å². The van der Waals surface area contributed by atoms with Gasteiger partial charge < -0.3 is 57.2 Å². The maximum absolute atomic E-state index is 12.3. The summed E-state index contributed by atoms with van der Waals surface area (Å²) >= 11 is 0. The molecular formula is C32H51NO20P+. The van der Waals surface area contributed by atoms with Crippen LogP contribution in [0.15, 0.2) is 0 Å². The Balaban J connectivity index is 0.00000189. The minimum absolute atomic E-state index is 0.619. The molecule has 0 radical (unpaired) electrons. The van der Waals surface area contributed by atoms with Crippen molar-refractivity contribution in [2.75, 3.05) is 32.8 Å². The summed E-state index contributed by atoms with van der Waals surface area (Å²) in [6, 6.07) is 0. The van der Waals surface area contributed by atoms with Crippen molar-refractivity contribution in [1.82, 2.24) is 0 Å². The van der Waals surface area contributed by atoms with Crippen molar-refractivity contribution in [1.29, 1.82) is 0 Å². The Morgan fingerprint density at radius 1 is 0.519 bits per heavy atom. The van der Waals surface area contributed by atoms with E-state index < -0.39 is 125 Å². The molecule has 21 nitrogen and oxygen atoms in total. The van der Waals surface area contributed by atoms with E-state index >= 15 is 0 Å². The van der Waals surface area contributed by atoms with Crippen molar-refractivity contribution >= 4 is 50.0 Å². The van der Waals surface area contributed by atoms with Crippen LogP contribution in [0, 0.1) is 0 Å². The Kier molecular flexibility index (Phi) is 21.3. The standard InChI is InChI=1S/C26H35O20P.C6H15N/c1-10(27)36-8-17-19(38-12(3)29)21(39-13(4)30)23(41-15(6)32)25(43-17)45-20-18(9-37-11(2)28)44-26(46-47(34)35)24(42-16(7)33)22(20)40-14(5)31;1-4-7(5-2)6-3/h17-26H,8-9H2,1-7H3;4-6H2,1-3H3/p+1/t17-,18-,19+,20-,21+,22+,23-,24-,25+,26+;/m1./s1. The molecule has 2 aliphatic heterocycles. The van der Waals surface area contributed by atoms with Crippen LogP contribution in [0.5, 0.6) is 0 Å². The zero-order valence-electron chi connectivity index (χ0n) is 31.9. The molecule has 0 aromatic carbocycles. The highest BCUT2D eigenvalue weighted by Crippen LogP contribution is 2.36. The molecule has 0 aromatic rings. The normalized spacial score (nSPS) is 27.9. The van der Waals surface area contributed by atoms with E-state index in [4.69, 9.17) is 51.9 Å². The SMILES string of the molecule is CC(=O)OC[C@H]1O[C@@H](O[C@H]2[C@H](OC(C)=O)[C@@H](OC(C)=O)[C@H](O[P+](=O)[O-])O[C@@H]2COC(C)=O)[C@H](OC(C)=O)[C@@H](OC(C)=O)[C@H]1OC(C)=O.CC[NH+](CC)CC. The highest BCUT2D eigenvalue weighted by atomic mass is 31.1. The minimum atomic E-state index is -3.66. The summed E-state index contributed by atoms with van der Waals surface area (Å²) in [5.74, 6) is -6.43. The Morgan fingerprint density at radius 2 is 0.852 bits per heavy atom. The number of carbonyl (C=O) groups excluding carboxylic acids is 7. The molecule has 0 aromatic heterocycles. The van der Waals surface area contributed by atoms with E-state index in [9.17, 15) is 43.0 Å². The van der Waals surface area contributed by atoms with E-state index in [1.54, 1.807) is 4.90 Å². The van der Waals surface area contributed by atoms with Gasteiger partial charge in [-0.05, 0) is 25.3 Å². The van der Waals surface area contributed by atoms with Crippen molar-refractivity contribution in [2.45, 2.75) is 131 Å². The van der Waals surface area contributed by atoms with Gasteiger partial charge in [0.25, 0.3) is 6.29 Å². The third kappa shape index (κ3) is 16.7. The molecule has 0 saturated carbocycles. The van der Waals surface area contributed by atoms with Gasteiger partial charge in [-0.2, -0.15) is 0 Å². The van der Waals surface area contributed by atoms with Gasteiger partial charge in [0, 0.05) is 48.5 Å². The number of esters is 7. The smallest absolute Gasteiger partial charge is 0.491 e. The molecule has 2 heterocycles. The summed E-state index contributed by atoms with van der Waals surface area (Å²) in [6.45, 7) is 16.1. The van der Waals surface area contributed by atoms with Gasteiger partial charge in [-0.3, -0.25) is 33.6 Å². The molecule has 1 unspecified atom stereocenters. The Morgan fingerprint density at radius 3 is 1.20 bits per heavy atom. The third-order valence-corrected chi connectivity index (χ3v) is 7.96. The summed E-state index contributed by atoms with van der Waals surface area (Å²) in [7, 11) is -3.66. The number of ether oxygens (including phenoxy) is 10. The van der Waals surface area contributed by atoms with Crippen LogP contribution >= 0.6 is 8.25 Å². The third-order valence-electron chi connectivity index (χ3n) is 7.58. The molecule has 11 atom stereocenters. The van der Waals surface area contributed by atoms with Crippen LogP contribution < -0.4 is 9.79 Å². The largest absolute Gasteiger partial charge is 0.566 e. The van der Waals surface area contributed by atoms with Gasteiger partial charge in [0.1, 0.15) is 31.5 Å². The van der Waals surface area contributed by atoms with Gasteiger partial charge in [0.2, 0.25) is 0 Å². The summed E-state index contributed by atoms with van der Waals surface area (Å²) in [4.78, 5) is 97.3. The first kappa shape index (κ1) is 48.2. The van der Waals surface area contributed by atoms with Crippen LogP contribution in [-0.2, 0) is 90.0 Å². The fraction of sp³-hybridized carbons (Fsp3) is 0.781. The van der Waals surface area contributed by atoms with Gasteiger partial charge >= 0.3 is 50.0 Å². The van der Waals surface area contributed by atoms with Crippen molar-refractivity contribution in [3.63, 3.8) is 0 Å². The first-order valence-corrected chi connectivity index (χ1v) is 18.1. The average Bonchev–Trinajstić information content (AvgIpc) is 3.04. The maximum Gasteiger partial charge on any atom is 0.491 e. The molecule has 0 amide bonds. The Hall–Kier alpha value is -3.85. The van der Waals surface area contributed by atoms with Crippen LogP contribution in [0.1, 0.15) is 69.2 Å². The highest BCUT2D eigenvalue weighted by Gasteiger charge is 2.58. The monoisotopic (exact) mass is 800 g/mol. The summed E-state index contributed by atoms with van der Waals surface area (Å²) in [6.07, 6.45) is -17.2. The lowest BCUT2D eigenvalue weighted by atomic mass is 9.96. The summed E-state index contributed by atoms with van der Waals surface area (Å²) < 4.78 is 70.6. The second-order valence-electron chi connectivity index (χ2n) is 11.8. The van der Waals surface area contributed by atoms with Gasteiger partial charge in [-0.1, -0.05) is 0 Å². The molecule has 0 spiro atoms. The van der Waals surface area contributed by atoms with E-state index in [0.29, 0.717) is 0 Å². The predicted octanol–water partition coefficient (Wildman–Crippen LogP) is -1.43. The second-order valence-corrected chi connectivity index (χ2v) is 12.5. The second kappa shape index (κ2) is 23.8. The fourth-order valence-corrected chi connectivity index (χ4v) is 5.73. The maximum atomic E-state index is 12.3. The number of rotatable bonds is 16. The molecule has 22 heteroatoms. The zero-order valence-corrected chi connectivity index (χ0v) is 32.8. The van der Waals surface area contributed by atoms with E-state index in [1.807, 2.05) is 0 Å². The number of hydrogen-bond donors (Lipinski definition) is 1. The van der Waals surface area contributed by atoms with Crippen molar-refractivity contribution in [2.24, 2.45) is 0 Å². The van der Waals surface area contributed by atoms with Crippen molar-refractivity contribution < 1.29 is 99.8 Å². The van der Waals surface area contributed by atoms with Crippen molar-refractivity contribution in [3.8, 4) is 0 Å². The molecule has 2 rings (SSSR count). The first-order chi connectivity index (χ1) is 25.2. The van der Waals surface area contributed by atoms with Gasteiger partial charge in [-0.25, -0.2) is 0 Å². The average molecular weight is 801 g/mol. The first-order valence-electron chi connectivity index (χ1n) is 17.0.